The van der Waals surface area contributed by atoms with Gasteiger partial charge in [0.1, 0.15) is 0 Å². The molecule has 10 heavy (non-hydrogen) atoms. The lowest BCUT2D eigenvalue weighted by molar-refractivity contribution is 0.179. The molecule has 0 atom stereocenters. The molecule has 0 heterocycles. The highest BCUT2D eigenvalue weighted by molar-refractivity contribution is 5.80. The van der Waals surface area contributed by atoms with Crippen molar-refractivity contribution in [3.05, 3.63) is 11.8 Å². The highest BCUT2D eigenvalue weighted by Crippen LogP contribution is 1.93. The topological polar surface area (TPSA) is 44.6 Å². The standard InChI is InChI=1S/C7H14N2O/c1-6(2)9-7(3)4-5-8-10/h4,8,10H,5H2,1-3H3/b7-4+. The summed E-state index contributed by atoms with van der Waals surface area (Å²) in [5.74, 6) is 0. The Balaban J connectivity index is 3.82. The van der Waals surface area contributed by atoms with E-state index in [4.69, 9.17) is 5.21 Å². The van der Waals surface area contributed by atoms with Crippen LogP contribution in [0.2, 0.25) is 0 Å². The van der Waals surface area contributed by atoms with Gasteiger partial charge in [0.2, 0.25) is 0 Å². The van der Waals surface area contributed by atoms with E-state index in [2.05, 4.69) is 4.99 Å². The van der Waals surface area contributed by atoms with Crippen LogP contribution in [0.1, 0.15) is 20.8 Å². The van der Waals surface area contributed by atoms with E-state index in [0.29, 0.717) is 6.54 Å². The molecule has 0 amide bonds. The van der Waals surface area contributed by atoms with E-state index in [1.807, 2.05) is 32.3 Å². The smallest absolute Gasteiger partial charge is 0.0408 e. The van der Waals surface area contributed by atoms with E-state index in [1.54, 1.807) is 0 Å². The maximum Gasteiger partial charge on any atom is 0.0408 e. The molecule has 0 bridgehead atoms. The number of aliphatic imine (C=N–C) groups is 1. The number of hydroxylamine groups is 1. The summed E-state index contributed by atoms with van der Waals surface area (Å²) >= 11 is 0. The van der Waals surface area contributed by atoms with Crippen LogP contribution in [0.15, 0.2) is 16.8 Å². The summed E-state index contributed by atoms with van der Waals surface area (Å²) in [5, 5.41) is 8.21. The molecule has 0 aromatic carbocycles. The summed E-state index contributed by atoms with van der Waals surface area (Å²) < 4.78 is 0. The van der Waals surface area contributed by atoms with Gasteiger partial charge >= 0.3 is 0 Å². The third-order valence-electron chi connectivity index (χ3n) is 0.889. The van der Waals surface area contributed by atoms with E-state index in [-0.39, 0.29) is 0 Å². The normalized spacial score (nSPS) is 11.4. The molecule has 0 unspecified atom stereocenters. The summed E-state index contributed by atoms with van der Waals surface area (Å²) in [6.45, 7) is 6.21. The molecule has 0 saturated heterocycles. The van der Waals surface area contributed by atoms with Crippen LogP contribution < -0.4 is 5.48 Å². The molecule has 0 aliphatic carbocycles. The second-order valence-electron chi connectivity index (χ2n) is 2.27. The highest BCUT2D eigenvalue weighted by Gasteiger charge is 1.82. The molecule has 3 nitrogen and oxygen atoms in total. The van der Waals surface area contributed by atoms with E-state index < -0.39 is 0 Å². The van der Waals surface area contributed by atoms with Crippen molar-refractivity contribution in [2.45, 2.75) is 20.8 Å². The fourth-order valence-electron chi connectivity index (χ4n) is 0.592. The zero-order chi connectivity index (χ0) is 7.98. The van der Waals surface area contributed by atoms with Gasteiger partial charge in [-0.2, -0.15) is 0 Å². The molecule has 3 heteroatoms. The fraction of sp³-hybridized carbons (Fsp3) is 0.571. The first-order valence-electron chi connectivity index (χ1n) is 3.22. The Morgan fingerprint density at radius 2 is 2.10 bits per heavy atom. The van der Waals surface area contributed by atoms with Crippen LogP contribution in [-0.2, 0) is 0 Å². The largest absolute Gasteiger partial charge is 0.317 e. The fourth-order valence-corrected chi connectivity index (χ4v) is 0.592. The number of hydrogen-bond donors (Lipinski definition) is 2. The predicted molar refractivity (Wildman–Crippen MR) is 42.3 cm³/mol. The van der Waals surface area contributed by atoms with Crippen molar-refractivity contribution in [3.63, 3.8) is 0 Å². The molecular weight excluding hydrogens is 128 g/mol. The van der Waals surface area contributed by atoms with Gasteiger partial charge in [-0.1, -0.05) is 0 Å². The molecule has 0 radical (unpaired) electrons. The third-order valence-corrected chi connectivity index (χ3v) is 0.889. The maximum absolute atomic E-state index is 8.21. The van der Waals surface area contributed by atoms with Gasteiger partial charge in [-0.15, -0.1) is 0 Å². The minimum absolute atomic E-state index is 0.447. The molecular formula is C7H14N2O. The van der Waals surface area contributed by atoms with Gasteiger partial charge in [-0.05, 0) is 26.8 Å². The van der Waals surface area contributed by atoms with Gasteiger partial charge < -0.3 is 5.21 Å². The number of nitrogens with one attached hydrogen (secondary N) is 1. The highest BCUT2D eigenvalue weighted by atomic mass is 16.5. The number of nitrogens with zero attached hydrogens (tertiary/aromatic N) is 1. The zero-order valence-electron chi connectivity index (χ0n) is 6.68. The molecule has 58 valence electrons. The molecule has 0 aromatic heterocycles. The second-order valence-corrected chi connectivity index (χ2v) is 2.27. The molecule has 0 aliphatic heterocycles. The SMILES string of the molecule is CC(C)=N/C(C)=C/CNO. The summed E-state index contributed by atoms with van der Waals surface area (Å²) in [6, 6.07) is 0. The average molecular weight is 142 g/mol. The van der Waals surface area contributed by atoms with Gasteiger partial charge in [0.25, 0.3) is 0 Å². The Morgan fingerprint density at radius 3 is 2.50 bits per heavy atom. The third kappa shape index (κ3) is 5.47. The zero-order valence-corrected chi connectivity index (χ0v) is 6.68. The molecule has 0 saturated carbocycles. The molecule has 0 aromatic rings. The molecule has 0 fully saturated rings. The second kappa shape index (κ2) is 5.14. The predicted octanol–water partition coefficient (Wildman–Crippen LogP) is 1.35. The summed E-state index contributed by atoms with van der Waals surface area (Å²) in [4.78, 5) is 4.14. The first-order valence-corrected chi connectivity index (χ1v) is 3.22. The van der Waals surface area contributed by atoms with Crippen LogP contribution in [0.5, 0.6) is 0 Å². The van der Waals surface area contributed by atoms with Gasteiger partial charge in [-0.3, -0.25) is 4.99 Å². The molecule has 0 rings (SSSR count). The van der Waals surface area contributed by atoms with Crippen molar-refractivity contribution in [3.8, 4) is 0 Å². The van der Waals surface area contributed by atoms with Gasteiger partial charge in [0.15, 0.2) is 0 Å². The summed E-state index contributed by atoms with van der Waals surface area (Å²) in [6.07, 6.45) is 1.81. The van der Waals surface area contributed by atoms with Crippen LogP contribution in [0.3, 0.4) is 0 Å². The van der Waals surface area contributed by atoms with E-state index in [1.165, 1.54) is 0 Å². The minimum atomic E-state index is 0.447. The van der Waals surface area contributed by atoms with Crippen molar-refractivity contribution in [2.24, 2.45) is 4.99 Å². The monoisotopic (exact) mass is 142 g/mol. The van der Waals surface area contributed by atoms with Gasteiger partial charge in [0.05, 0.1) is 0 Å². The lowest BCUT2D eigenvalue weighted by Gasteiger charge is -1.93. The van der Waals surface area contributed by atoms with E-state index in [9.17, 15) is 0 Å². The van der Waals surface area contributed by atoms with Crippen molar-refractivity contribution >= 4 is 5.71 Å². The van der Waals surface area contributed by atoms with Crippen molar-refractivity contribution < 1.29 is 5.21 Å². The quantitative estimate of drug-likeness (QED) is 0.461. The number of rotatable bonds is 3. The van der Waals surface area contributed by atoms with Gasteiger partial charge in [0, 0.05) is 18.0 Å². The Morgan fingerprint density at radius 1 is 1.50 bits per heavy atom. The maximum atomic E-state index is 8.21. The average Bonchev–Trinajstić information content (AvgIpc) is 1.82. The van der Waals surface area contributed by atoms with Crippen LogP contribution in [0.25, 0.3) is 0 Å². The Hall–Kier alpha value is -0.670. The van der Waals surface area contributed by atoms with Gasteiger partial charge in [-0.25, -0.2) is 5.48 Å². The first kappa shape index (κ1) is 9.33. The Bertz CT molecular complexity index is 146. The van der Waals surface area contributed by atoms with Crippen molar-refractivity contribution in [1.29, 1.82) is 0 Å². The first-order chi connectivity index (χ1) is 4.66. The van der Waals surface area contributed by atoms with Crippen LogP contribution in [-0.4, -0.2) is 17.5 Å². The lowest BCUT2D eigenvalue weighted by Crippen LogP contribution is -2.05. The van der Waals surface area contributed by atoms with Crippen LogP contribution >= 0.6 is 0 Å². The number of allylic oxidation sites excluding steroid dienone is 1. The molecule has 0 aliphatic rings. The lowest BCUT2D eigenvalue weighted by atomic mass is 10.4. The van der Waals surface area contributed by atoms with Crippen LogP contribution in [0.4, 0.5) is 0 Å². The Kier molecular flexibility index (Phi) is 4.80. The Labute approximate surface area is 61.4 Å². The van der Waals surface area contributed by atoms with E-state index in [0.717, 1.165) is 11.4 Å². The van der Waals surface area contributed by atoms with Crippen molar-refractivity contribution in [1.82, 2.24) is 5.48 Å². The summed E-state index contributed by atoms with van der Waals surface area (Å²) in [7, 11) is 0. The summed E-state index contributed by atoms with van der Waals surface area (Å²) in [5.41, 5.74) is 3.96. The minimum Gasteiger partial charge on any atom is -0.317 e. The number of hydrogen-bond acceptors (Lipinski definition) is 3. The molecule has 0 spiro atoms. The van der Waals surface area contributed by atoms with Crippen molar-refractivity contribution in [2.75, 3.05) is 6.54 Å². The van der Waals surface area contributed by atoms with E-state index >= 15 is 0 Å². The molecule has 2 N–H and O–H groups in total. The van der Waals surface area contributed by atoms with Crippen LogP contribution in [0, 0.1) is 0 Å².